The predicted molar refractivity (Wildman–Crippen MR) is 122 cm³/mol. The fraction of sp³-hybridized carbons (Fsp3) is 0.458. The lowest BCUT2D eigenvalue weighted by Gasteiger charge is -2.19. The molecule has 162 valence electrons. The monoisotopic (exact) mass is 430 g/mol. The number of rotatable bonds is 10. The van der Waals surface area contributed by atoms with E-state index in [0.29, 0.717) is 12.3 Å². The molecule has 3 unspecified atom stereocenters. The van der Waals surface area contributed by atoms with Crippen molar-refractivity contribution in [2.45, 2.75) is 38.0 Å². The summed E-state index contributed by atoms with van der Waals surface area (Å²) >= 11 is 0. The summed E-state index contributed by atoms with van der Waals surface area (Å²) in [6.07, 6.45) is 4.38. The Labute approximate surface area is 181 Å². The van der Waals surface area contributed by atoms with Crippen LogP contribution in [0.3, 0.4) is 0 Å². The molecule has 1 aliphatic rings. The Balaban J connectivity index is 1.51. The van der Waals surface area contributed by atoms with Crippen LogP contribution in [-0.2, 0) is 9.63 Å². The number of nitrogens with one attached hydrogen (secondary N) is 1. The molecule has 1 fully saturated rings. The molecular weight excluding hydrogens is 398 g/mol. The third-order valence-corrected chi connectivity index (χ3v) is 6.28. The molecule has 0 bridgehead atoms. The second kappa shape index (κ2) is 11.5. The molecule has 0 aromatic heterocycles. The average molecular weight is 431 g/mol. The Morgan fingerprint density at radius 2 is 1.83 bits per heavy atom. The molecule has 0 spiro atoms. The number of nitrogens with zero attached hydrogens (tertiary/aromatic N) is 1. The van der Waals surface area contributed by atoms with Crippen molar-refractivity contribution in [1.29, 1.82) is 0 Å². The predicted octanol–water partition coefficient (Wildman–Crippen LogP) is 4.02. The average Bonchev–Trinajstić information content (AvgIpc) is 3.23. The minimum absolute atomic E-state index is 0.211. The van der Waals surface area contributed by atoms with Gasteiger partial charge in [-0.05, 0) is 53.7 Å². The summed E-state index contributed by atoms with van der Waals surface area (Å²) < 4.78 is 13.4. The summed E-state index contributed by atoms with van der Waals surface area (Å²) in [6, 6.07) is 15.2. The maximum absolute atomic E-state index is 13.4. The maximum atomic E-state index is 13.4. The van der Waals surface area contributed by atoms with Crippen LogP contribution < -0.4 is 10.8 Å². The van der Waals surface area contributed by atoms with E-state index in [1.165, 1.54) is 17.7 Å². The minimum Gasteiger partial charge on any atom is -0.342 e. The number of hydroxylamine groups is 1. The van der Waals surface area contributed by atoms with Gasteiger partial charge >= 0.3 is 0 Å². The first-order valence-corrected chi connectivity index (χ1v) is 11.3. The third-order valence-electron chi connectivity index (χ3n) is 5.90. The van der Waals surface area contributed by atoms with Crippen LogP contribution in [0.15, 0.2) is 48.5 Å². The zero-order valence-corrected chi connectivity index (χ0v) is 18.8. The van der Waals surface area contributed by atoms with Gasteiger partial charge in [0.15, 0.2) is 0 Å². The van der Waals surface area contributed by atoms with E-state index in [0.717, 1.165) is 56.2 Å². The lowest BCUT2D eigenvalue weighted by Crippen LogP contribution is -2.30. The number of halogens is 1. The quantitative estimate of drug-likeness (QED) is 0.352. The second-order valence-electron chi connectivity index (χ2n) is 8.06. The SMILES string of the molecule is CONCC1CCN(C(=O)CCCCC(c2ccc(F)cc2)c2ccc(P)cc2)C1. The standard InChI is InChI=1S/C24H32FN2O2P/c1-29-26-16-18-14-15-27(17-18)24(28)5-3-2-4-23(19-6-10-21(25)11-7-19)20-8-12-22(30)13-9-20/h6-13,18,23,26H,2-5,14-17,30H2,1H3. The summed E-state index contributed by atoms with van der Waals surface area (Å²) in [5.74, 6) is 0.715. The fourth-order valence-corrected chi connectivity index (χ4v) is 4.35. The van der Waals surface area contributed by atoms with Crippen LogP contribution in [0.5, 0.6) is 0 Å². The van der Waals surface area contributed by atoms with Gasteiger partial charge in [-0.15, -0.1) is 9.24 Å². The second-order valence-corrected chi connectivity index (χ2v) is 8.73. The first kappa shape index (κ1) is 22.9. The number of unbranched alkanes of at least 4 members (excludes halogenated alkanes) is 1. The van der Waals surface area contributed by atoms with Crippen molar-refractivity contribution in [3.8, 4) is 0 Å². The molecule has 0 radical (unpaired) electrons. The van der Waals surface area contributed by atoms with Crippen molar-refractivity contribution in [2.75, 3.05) is 26.7 Å². The zero-order valence-electron chi connectivity index (χ0n) is 17.6. The molecule has 1 saturated heterocycles. The van der Waals surface area contributed by atoms with Crippen molar-refractivity contribution in [1.82, 2.24) is 10.4 Å². The van der Waals surface area contributed by atoms with Crippen LogP contribution in [-0.4, -0.2) is 37.6 Å². The molecule has 30 heavy (non-hydrogen) atoms. The summed E-state index contributed by atoms with van der Waals surface area (Å²) in [6.45, 7) is 2.44. The Kier molecular flexibility index (Phi) is 8.80. The Morgan fingerprint density at radius 1 is 1.17 bits per heavy atom. The first-order valence-electron chi connectivity index (χ1n) is 10.7. The molecule has 6 heteroatoms. The lowest BCUT2D eigenvalue weighted by atomic mass is 9.87. The molecule has 0 aliphatic carbocycles. The van der Waals surface area contributed by atoms with Gasteiger partial charge in [-0.3, -0.25) is 4.79 Å². The van der Waals surface area contributed by atoms with E-state index in [-0.39, 0.29) is 17.6 Å². The molecular formula is C24H32FN2O2P. The molecule has 3 atom stereocenters. The first-order chi connectivity index (χ1) is 14.6. The van der Waals surface area contributed by atoms with Gasteiger partial charge in [0.25, 0.3) is 0 Å². The van der Waals surface area contributed by atoms with Gasteiger partial charge in [0.2, 0.25) is 5.91 Å². The summed E-state index contributed by atoms with van der Waals surface area (Å²) in [5.41, 5.74) is 5.24. The van der Waals surface area contributed by atoms with Gasteiger partial charge in [0, 0.05) is 32.0 Å². The molecule has 2 aromatic carbocycles. The molecule has 1 heterocycles. The number of carbonyl (C=O) groups excluding carboxylic acids is 1. The van der Waals surface area contributed by atoms with Crippen LogP contribution in [0.1, 0.15) is 49.1 Å². The highest BCUT2D eigenvalue weighted by molar-refractivity contribution is 7.27. The number of carbonyl (C=O) groups is 1. The third kappa shape index (κ3) is 6.60. The van der Waals surface area contributed by atoms with Gasteiger partial charge in [0.1, 0.15) is 5.82 Å². The number of hydrogen-bond acceptors (Lipinski definition) is 3. The molecule has 4 nitrogen and oxygen atoms in total. The minimum atomic E-state index is -0.215. The highest BCUT2D eigenvalue weighted by atomic mass is 31.0. The van der Waals surface area contributed by atoms with E-state index < -0.39 is 0 Å². The Morgan fingerprint density at radius 3 is 2.50 bits per heavy atom. The summed E-state index contributed by atoms with van der Waals surface area (Å²) in [4.78, 5) is 19.4. The maximum Gasteiger partial charge on any atom is 0.222 e. The lowest BCUT2D eigenvalue weighted by molar-refractivity contribution is -0.130. The van der Waals surface area contributed by atoms with Crippen LogP contribution in [0.4, 0.5) is 4.39 Å². The molecule has 3 rings (SSSR count). The van der Waals surface area contributed by atoms with Crippen molar-refractivity contribution >= 4 is 20.5 Å². The van der Waals surface area contributed by atoms with Crippen LogP contribution in [0.2, 0.25) is 0 Å². The van der Waals surface area contributed by atoms with Crippen molar-refractivity contribution in [3.63, 3.8) is 0 Å². The Hall–Kier alpha value is -1.81. The topological polar surface area (TPSA) is 41.6 Å². The van der Waals surface area contributed by atoms with Gasteiger partial charge in [-0.25, -0.2) is 9.87 Å². The largest absolute Gasteiger partial charge is 0.342 e. The van der Waals surface area contributed by atoms with Gasteiger partial charge in [-0.2, -0.15) is 0 Å². The Bertz CT molecular complexity index is 752. The molecule has 1 N–H and O–H groups in total. The molecule has 1 amide bonds. The highest BCUT2D eigenvalue weighted by Gasteiger charge is 2.25. The molecule has 2 aromatic rings. The number of likely N-dealkylation sites (tertiary alicyclic amines) is 1. The van der Waals surface area contributed by atoms with Crippen molar-refractivity contribution in [2.24, 2.45) is 5.92 Å². The summed E-state index contributed by atoms with van der Waals surface area (Å²) in [7, 11) is 4.32. The van der Waals surface area contributed by atoms with Crippen molar-refractivity contribution in [3.05, 3.63) is 65.5 Å². The van der Waals surface area contributed by atoms with Gasteiger partial charge in [-0.1, -0.05) is 42.8 Å². The smallest absolute Gasteiger partial charge is 0.222 e. The number of amides is 1. The van der Waals surface area contributed by atoms with Crippen LogP contribution in [0.25, 0.3) is 0 Å². The van der Waals surface area contributed by atoms with Crippen LogP contribution >= 0.6 is 9.24 Å². The van der Waals surface area contributed by atoms with E-state index in [4.69, 9.17) is 4.84 Å². The van der Waals surface area contributed by atoms with E-state index in [1.54, 1.807) is 7.11 Å². The zero-order chi connectivity index (χ0) is 21.3. The number of hydrogen-bond donors (Lipinski definition) is 1. The van der Waals surface area contributed by atoms with Gasteiger partial charge < -0.3 is 9.74 Å². The van der Waals surface area contributed by atoms with Crippen LogP contribution in [0, 0.1) is 11.7 Å². The van der Waals surface area contributed by atoms with E-state index in [1.807, 2.05) is 17.0 Å². The number of benzene rings is 2. The molecule has 1 aliphatic heterocycles. The fourth-order valence-electron chi connectivity index (χ4n) is 4.16. The van der Waals surface area contributed by atoms with E-state index in [2.05, 4.69) is 39.0 Å². The van der Waals surface area contributed by atoms with Crippen molar-refractivity contribution < 1.29 is 14.0 Å². The van der Waals surface area contributed by atoms with Gasteiger partial charge in [0.05, 0.1) is 7.11 Å². The molecule has 0 saturated carbocycles. The summed E-state index contributed by atoms with van der Waals surface area (Å²) in [5, 5.41) is 1.15. The van der Waals surface area contributed by atoms with E-state index >= 15 is 0 Å². The normalized spacial score (nSPS) is 17.3. The highest BCUT2D eigenvalue weighted by Crippen LogP contribution is 2.30. The van der Waals surface area contributed by atoms with E-state index in [9.17, 15) is 9.18 Å².